The minimum absolute atomic E-state index is 0.0249. The Labute approximate surface area is 156 Å². The molecule has 4 rings (SSSR count). The van der Waals surface area contributed by atoms with E-state index in [2.05, 4.69) is 0 Å². The molecule has 3 aliphatic rings. The molecule has 3 atom stereocenters. The number of carbonyl (C=O) groups excluding carboxylic acids is 2. The van der Waals surface area contributed by atoms with Crippen LogP contribution in [-0.2, 0) is 14.8 Å². The van der Waals surface area contributed by atoms with E-state index in [0.717, 1.165) is 4.90 Å². The van der Waals surface area contributed by atoms with Crippen molar-refractivity contribution >= 4 is 27.8 Å². The van der Waals surface area contributed by atoms with E-state index in [1.165, 1.54) is 4.31 Å². The average Bonchev–Trinajstić information content (AvgIpc) is 3.29. The fourth-order valence-corrected chi connectivity index (χ4v) is 6.61. The number of carboxylic acid groups (broad SMARTS) is 1. The Morgan fingerprint density at radius 3 is 2.30 bits per heavy atom. The van der Waals surface area contributed by atoms with Crippen molar-refractivity contribution in [3.05, 3.63) is 35.4 Å². The smallest absolute Gasteiger partial charge is 0.308 e. The molecule has 3 heterocycles. The van der Waals surface area contributed by atoms with Crippen LogP contribution in [0.5, 0.6) is 0 Å². The predicted molar refractivity (Wildman–Crippen MR) is 94.6 cm³/mol. The van der Waals surface area contributed by atoms with Crippen LogP contribution in [0, 0.1) is 5.92 Å². The third-order valence-corrected chi connectivity index (χ3v) is 7.79. The summed E-state index contributed by atoms with van der Waals surface area (Å²) in [6.45, 7) is 0.0249. The van der Waals surface area contributed by atoms with Crippen LogP contribution >= 0.6 is 0 Å². The van der Waals surface area contributed by atoms with Crippen molar-refractivity contribution in [3.8, 4) is 0 Å². The number of rotatable bonds is 6. The Morgan fingerprint density at radius 2 is 1.74 bits per heavy atom. The molecule has 3 unspecified atom stereocenters. The van der Waals surface area contributed by atoms with Crippen LogP contribution < -0.4 is 0 Å². The van der Waals surface area contributed by atoms with E-state index in [1.807, 2.05) is 0 Å². The molecular formula is C18H20N2O6S. The molecular weight excluding hydrogens is 372 g/mol. The molecule has 3 aliphatic heterocycles. The molecule has 0 saturated carbocycles. The van der Waals surface area contributed by atoms with E-state index in [0.29, 0.717) is 30.4 Å². The van der Waals surface area contributed by atoms with Gasteiger partial charge in [-0.15, -0.1) is 0 Å². The third-order valence-electron chi connectivity index (χ3n) is 5.77. The maximum atomic E-state index is 12.8. The zero-order valence-corrected chi connectivity index (χ0v) is 15.4. The van der Waals surface area contributed by atoms with Gasteiger partial charge in [0.15, 0.2) is 0 Å². The largest absolute Gasteiger partial charge is 0.481 e. The lowest BCUT2D eigenvalue weighted by Gasteiger charge is -2.23. The third kappa shape index (κ3) is 2.85. The average molecular weight is 392 g/mol. The van der Waals surface area contributed by atoms with Crippen LogP contribution in [0.15, 0.2) is 24.3 Å². The van der Waals surface area contributed by atoms with Gasteiger partial charge in [-0.1, -0.05) is 12.1 Å². The number of benzene rings is 1. The van der Waals surface area contributed by atoms with E-state index in [4.69, 9.17) is 0 Å². The number of aliphatic carboxylic acids is 1. The second-order valence-electron chi connectivity index (χ2n) is 7.29. The topological polar surface area (TPSA) is 112 Å². The van der Waals surface area contributed by atoms with Crippen molar-refractivity contribution in [2.75, 3.05) is 12.3 Å². The number of carbonyl (C=O) groups is 3. The SMILES string of the molecule is O=C(O)C1CC2CCC1N2S(=O)(=O)CCCN1C(=O)c2ccccc2C1=O. The lowest BCUT2D eigenvalue weighted by Crippen LogP contribution is -2.40. The molecule has 2 fully saturated rings. The Balaban J connectivity index is 1.41. The van der Waals surface area contributed by atoms with Crippen LogP contribution in [0.4, 0.5) is 0 Å². The summed E-state index contributed by atoms with van der Waals surface area (Å²) in [6, 6.07) is 5.80. The second kappa shape index (κ2) is 6.42. The molecule has 1 aromatic rings. The first-order valence-corrected chi connectivity index (χ1v) is 10.6. The number of fused-ring (bicyclic) bond motifs is 3. The van der Waals surface area contributed by atoms with Crippen molar-refractivity contribution in [3.63, 3.8) is 0 Å². The fraction of sp³-hybridized carbons (Fsp3) is 0.500. The van der Waals surface area contributed by atoms with Gasteiger partial charge in [0, 0.05) is 18.6 Å². The summed E-state index contributed by atoms with van der Waals surface area (Å²) in [4.78, 5) is 37.1. The molecule has 1 N–H and O–H groups in total. The zero-order chi connectivity index (χ0) is 19.3. The highest BCUT2D eigenvalue weighted by atomic mass is 32.2. The minimum atomic E-state index is -3.64. The number of carboxylic acids is 1. The van der Waals surface area contributed by atoms with Gasteiger partial charge in [-0.3, -0.25) is 19.3 Å². The molecule has 9 heteroatoms. The first-order chi connectivity index (χ1) is 12.8. The lowest BCUT2D eigenvalue weighted by atomic mass is 9.89. The summed E-state index contributed by atoms with van der Waals surface area (Å²) >= 11 is 0. The van der Waals surface area contributed by atoms with Gasteiger partial charge < -0.3 is 5.11 Å². The van der Waals surface area contributed by atoms with Gasteiger partial charge in [0.25, 0.3) is 11.8 Å². The first-order valence-electron chi connectivity index (χ1n) is 9.00. The van der Waals surface area contributed by atoms with Crippen molar-refractivity contribution in [2.45, 2.75) is 37.8 Å². The van der Waals surface area contributed by atoms with E-state index in [9.17, 15) is 27.9 Å². The van der Waals surface area contributed by atoms with Gasteiger partial charge in [0.2, 0.25) is 10.0 Å². The predicted octanol–water partition coefficient (Wildman–Crippen LogP) is 0.940. The summed E-state index contributed by atoms with van der Waals surface area (Å²) in [7, 11) is -3.64. The van der Waals surface area contributed by atoms with Gasteiger partial charge in [-0.25, -0.2) is 8.42 Å². The van der Waals surface area contributed by atoms with Crippen molar-refractivity contribution in [1.82, 2.24) is 9.21 Å². The second-order valence-corrected chi connectivity index (χ2v) is 9.28. The highest BCUT2D eigenvalue weighted by Crippen LogP contribution is 2.43. The summed E-state index contributed by atoms with van der Waals surface area (Å²) in [5.41, 5.74) is 0.680. The molecule has 144 valence electrons. The normalized spacial score (nSPS) is 27.4. The van der Waals surface area contributed by atoms with Crippen LogP contribution in [0.2, 0.25) is 0 Å². The molecule has 0 radical (unpaired) electrons. The molecule has 0 aromatic heterocycles. The molecule has 1 aromatic carbocycles. The summed E-state index contributed by atoms with van der Waals surface area (Å²) in [5, 5.41) is 9.28. The van der Waals surface area contributed by atoms with Crippen LogP contribution in [0.3, 0.4) is 0 Å². The maximum Gasteiger partial charge on any atom is 0.308 e. The van der Waals surface area contributed by atoms with E-state index in [1.54, 1.807) is 24.3 Å². The lowest BCUT2D eigenvalue weighted by molar-refractivity contribution is -0.142. The molecule has 27 heavy (non-hydrogen) atoms. The number of hydrogen-bond donors (Lipinski definition) is 1. The van der Waals surface area contributed by atoms with Crippen molar-refractivity contribution < 1.29 is 27.9 Å². The van der Waals surface area contributed by atoms with E-state index >= 15 is 0 Å². The Hall–Kier alpha value is -2.26. The molecule has 0 aliphatic carbocycles. The highest BCUT2D eigenvalue weighted by molar-refractivity contribution is 7.89. The summed E-state index contributed by atoms with van der Waals surface area (Å²) < 4.78 is 26.9. The Bertz CT molecular complexity index is 893. The molecule has 2 bridgehead atoms. The highest BCUT2D eigenvalue weighted by Gasteiger charge is 2.53. The van der Waals surface area contributed by atoms with Gasteiger partial charge in [-0.2, -0.15) is 4.31 Å². The summed E-state index contributed by atoms with van der Waals surface area (Å²) in [6.07, 6.45) is 1.74. The monoisotopic (exact) mass is 392 g/mol. The Kier molecular flexibility index (Phi) is 4.31. The summed E-state index contributed by atoms with van der Waals surface area (Å²) in [5.74, 6) is -2.61. The van der Waals surface area contributed by atoms with Crippen molar-refractivity contribution in [1.29, 1.82) is 0 Å². The zero-order valence-electron chi connectivity index (χ0n) is 14.6. The van der Waals surface area contributed by atoms with E-state index < -0.39 is 39.8 Å². The fourth-order valence-electron chi connectivity index (χ4n) is 4.59. The molecule has 8 nitrogen and oxygen atoms in total. The van der Waals surface area contributed by atoms with Gasteiger partial charge >= 0.3 is 5.97 Å². The van der Waals surface area contributed by atoms with Gasteiger partial charge in [0.1, 0.15) is 0 Å². The molecule has 2 amide bonds. The van der Waals surface area contributed by atoms with Gasteiger partial charge in [0.05, 0.1) is 22.8 Å². The number of amides is 2. The van der Waals surface area contributed by atoms with E-state index in [-0.39, 0.29) is 24.8 Å². The Morgan fingerprint density at radius 1 is 1.11 bits per heavy atom. The quantitative estimate of drug-likeness (QED) is 0.721. The standard InChI is InChI=1S/C18H20N2O6S/c21-16-12-4-1-2-5-13(12)17(22)19(16)8-3-9-27(25,26)20-11-6-7-15(20)14(10-11)18(23)24/h1-2,4-5,11,14-15H,3,6-10H2,(H,23,24). The maximum absolute atomic E-state index is 12.8. The number of imide groups is 1. The molecule has 0 spiro atoms. The van der Waals surface area contributed by atoms with Crippen molar-refractivity contribution in [2.24, 2.45) is 5.92 Å². The van der Waals surface area contributed by atoms with Crippen LogP contribution in [0.25, 0.3) is 0 Å². The van der Waals surface area contributed by atoms with Gasteiger partial charge in [-0.05, 0) is 37.8 Å². The first kappa shape index (κ1) is 18.1. The number of nitrogens with zero attached hydrogens (tertiary/aromatic N) is 2. The molecule has 2 saturated heterocycles. The van der Waals surface area contributed by atoms with Crippen LogP contribution in [0.1, 0.15) is 46.4 Å². The number of sulfonamides is 1. The minimum Gasteiger partial charge on any atom is -0.481 e. The van der Waals surface area contributed by atoms with Crippen LogP contribution in [-0.4, -0.2) is 64.9 Å². The number of hydrogen-bond acceptors (Lipinski definition) is 5.